The van der Waals surface area contributed by atoms with Crippen molar-refractivity contribution in [2.24, 2.45) is 5.41 Å². The van der Waals surface area contributed by atoms with Crippen LogP contribution in [0.4, 0.5) is 0 Å². The van der Waals surface area contributed by atoms with Crippen LogP contribution in [0.5, 0.6) is 11.5 Å². The Hall–Kier alpha value is -2.04. The van der Waals surface area contributed by atoms with Crippen molar-refractivity contribution in [2.45, 2.75) is 26.7 Å². The Bertz CT molecular complexity index is 601. The largest absolute Gasteiger partial charge is 0.489 e. The number of ether oxygens (including phenoxy) is 3. The Morgan fingerprint density at radius 3 is 2.38 bits per heavy atom. The lowest BCUT2D eigenvalue weighted by Gasteiger charge is -2.11. The van der Waals surface area contributed by atoms with Crippen LogP contribution in [0, 0.1) is 12.3 Å². The highest BCUT2D eigenvalue weighted by Crippen LogP contribution is 2.49. The molecule has 1 aromatic rings. The van der Waals surface area contributed by atoms with E-state index in [1.165, 1.54) is 0 Å². The molecule has 0 radical (unpaired) electrons. The van der Waals surface area contributed by atoms with E-state index < -0.39 is 11.8 Å². The molecule has 2 aliphatic rings. The maximum Gasteiger partial charge on any atom is 0.379 e. The monoisotopic (exact) mass is 290 g/mol. The minimum Gasteiger partial charge on any atom is -0.489 e. The predicted molar refractivity (Wildman–Crippen MR) is 74.8 cm³/mol. The lowest BCUT2D eigenvalue weighted by molar-refractivity contribution is -0.137. The average Bonchev–Trinajstić information content (AvgIpc) is 3.26. The molecule has 5 nitrogen and oxygen atoms in total. The Labute approximate surface area is 123 Å². The molecule has 21 heavy (non-hydrogen) atoms. The van der Waals surface area contributed by atoms with E-state index in [9.17, 15) is 9.59 Å². The second kappa shape index (κ2) is 5.06. The molecule has 1 aliphatic heterocycles. The molecule has 0 amide bonds. The Kier molecular flexibility index (Phi) is 3.35. The van der Waals surface area contributed by atoms with Crippen LogP contribution in [0.3, 0.4) is 0 Å². The summed E-state index contributed by atoms with van der Waals surface area (Å²) in [5, 5.41) is 0. The van der Waals surface area contributed by atoms with Crippen molar-refractivity contribution < 1.29 is 23.8 Å². The number of hydrogen-bond donors (Lipinski definition) is 0. The van der Waals surface area contributed by atoms with Crippen molar-refractivity contribution in [3.05, 3.63) is 23.3 Å². The first-order chi connectivity index (χ1) is 10.0. The van der Waals surface area contributed by atoms with E-state index in [0.29, 0.717) is 35.8 Å². The van der Waals surface area contributed by atoms with Crippen LogP contribution in [0.1, 0.15) is 35.7 Å². The van der Waals surface area contributed by atoms with Gasteiger partial charge in [-0.2, -0.15) is 0 Å². The third-order valence-electron chi connectivity index (χ3n) is 4.02. The summed E-state index contributed by atoms with van der Waals surface area (Å²) in [6, 6.07) is 3.34. The third kappa shape index (κ3) is 2.60. The third-order valence-corrected chi connectivity index (χ3v) is 4.02. The first-order valence-electron chi connectivity index (χ1n) is 7.16. The molecule has 112 valence electrons. The summed E-state index contributed by atoms with van der Waals surface area (Å²) in [5.41, 5.74) is 1.13. The average molecular weight is 290 g/mol. The van der Waals surface area contributed by atoms with E-state index in [0.717, 1.165) is 12.8 Å². The van der Waals surface area contributed by atoms with Gasteiger partial charge in [0.15, 0.2) is 11.5 Å². The van der Waals surface area contributed by atoms with Crippen LogP contribution in [-0.4, -0.2) is 31.6 Å². The minimum absolute atomic E-state index is 0.137. The number of Topliss-reactive ketones (excluding diaryl/α,β-unsaturated/α-hetero) is 1. The molecule has 1 heterocycles. The Balaban J connectivity index is 1.88. The van der Waals surface area contributed by atoms with Crippen molar-refractivity contribution in [1.29, 1.82) is 0 Å². The van der Waals surface area contributed by atoms with Gasteiger partial charge in [-0.1, -0.05) is 0 Å². The van der Waals surface area contributed by atoms with Gasteiger partial charge in [0, 0.05) is 11.0 Å². The van der Waals surface area contributed by atoms with Gasteiger partial charge in [0.05, 0.1) is 19.8 Å². The number of esters is 1. The van der Waals surface area contributed by atoms with Crippen LogP contribution in [-0.2, 0) is 9.53 Å². The number of carbonyl (C=O) groups excluding carboxylic acids is 2. The Morgan fingerprint density at radius 2 is 1.81 bits per heavy atom. The molecular weight excluding hydrogens is 272 g/mol. The minimum atomic E-state index is -0.839. The van der Waals surface area contributed by atoms with E-state index in [1.54, 1.807) is 26.0 Å². The molecule has 0 atom stereocenters. The topological polar surface area (TPSA) is 61.8 Å². The number of carbonyl (C=O) groups is 2. The number of benzene rings is 1. The summed E-state index contributed by atoms with van der Waals surface area (Å²) >= 11 is 0. The predicted octanol–water partition coefficient (Wildman–Crippen LogP) is 2.29. The van der Waals surface area contributed by atoms with Gasteiger partial charge in [0.1, 0.15) is 0 Å². The van der Waals surface area contributed by atoms with Crippen molar-refractivity contribution in [2.75, 3.05) is 19.8 Å². The number of fused-ring (bicyclic) bond motifs is 1. The van der Waals surface area contributed by atoms with Crippen LogP contribution in [0.15, 0.2) is 12.1 Å². The SMILES string of the molecule is CCOC(=O)C(=O)c1cc2c(cc1C)OCC1(CC1)CO2. The molecule has 0 bridgehead atoms. The molecule has 3 rings (SSSR count). The summed E-state index contributed by atoms with van der Waals surface area (Å²) in [7, 11) is 0. The van der Waals surface area contributed by atoms with Gasteiger partial charge in [-0.15, -0.1) is 0 Å². The van der Waals surface area contributed by atoms with E-state index >= 15 is 0 Å². The van der Waals surface area contributed by atoms with E-state index in [4.69, 9.17) is 14.2 Å². The standard InChI is InChI=1S/C16H18O5/c1-3-19-15(18)14(17)11-7-13-12(6-10(11)2)20-8-16(4-5-16)9-21-13/h6-7H,3-5,8-9H2,1-2H3. The molecular formula is C16H18O5. The molecule has 0 unspecified atom stereocenters. The number of ketones is 1. The first kappa shape index (κ1) is 13.9. The second-order valence-corrected chi connectivity index (χ2v) is 5.74. The van der Waals surface area contributed by atoms with Gasteiger partial charge in [0.2, 0.25) is 0 Å². The molecule has 1 spiro atoms. The van der Waals surface area contributed by atoms with Crippen LogP contribution in [0.2, 0.25) is 0 Å². The molecule has 5 heteroatoms. The fourth-order valence-electron chi connectivity index (χ4n) is 2.41. The Morgan fingerprint density at radius 1 is 1.19 bits per heavy atom. The maximum absolute atomic E-state index is 12.1. The summed E-state index contributed by atoms with van der Waals surface area (Å²) < 4.78 is 16.3. The smallest absolute Gasteiger partial charge is 0.379 e. The molecule has 0 aromatic heterocycles. The zero-order chi connectivity index (χ0) is 15.0. The van der Waals surface area contributed by atoms with Crippen molar-refractivity contribution in [1.82, 2.24) is 0 Å². The van der Waals surface area contributed by atoms with Crippen LogP contribution < -0.4 is 9.47 Å². The fraction of sp³-hybridized carbons (Fsp3) is 0.500. The van der Waals surface area contributed by atoms with Gasteiger partial charge < -0.3 is 14.2 Å². The zero-order valence-corrected chi connectivity index (χ0v) is 12.2. The van der Waals surface area contributed by atoms with E-state index in [2.05, 4.69) is 0 Å². The molecule has 1 fully saturated rings. The fourth-order valence-corrected chi connectivity index (χ4v) is 2.41. The highest BCUT2D eigenvalue weighted by atomic mass is 16.5. The van der Waals surface area contributed by atoms with Gasteiger partial charge >= 0.3 is 5.97 Å². The number of hydrogen-bond acceptors (Lipinski definition) is 5. The maximum atomic E-state index is 12.1. The van der Waals surface area contributed by atoms with Crippen LogP contribution >= 0.6 is 0 Å². The number of aryl methyl sites for hydroxylation is 1. The highest BCUT2D eigenvalue weighted by Gasteiger charge is 2.46. The van der Waals surface area contributed by atoms with Crippen molar-refractivity contribution in [3.8, 4) is 11.5 Å². The molecule has 1 aliphatic carbocycles. The van der Waals surface area contributed by atoms with Crippen LogP contribution in [0.25, 0.3) is 0 Å². The van der Waals surface area contributed by atoms with Gasteiger partial charge in [-0.05, 0) is 44.4 Å². The molecule has 1 saturated carbocycles. The molecule has 1 aromatic carbocycles. The van der Waals surface area contributed by atoms with Gasteiger partial charge in [0.25, 0.3) is 5.78 Å². The summed E-state index contributed by atoms with van der Waals surface area (Å²) in [6.45, 7) is 4.85. The lowest BCUT2D eigenvalue weighted by atomic mass is 10.0. The van der Waals surface area contributed by atoms with E-state index in [1.807, 2.05) is 0 Å². The normalized spacial score (nSPS) is 18.0. The van der Waals surface area contributed by atoms with Crippen molar-refractivity contribution >= 4 is 11.8 Å². The van der Waals surface area contributed by atoms with Gasteiger partial charge in [-0.3, -0.25) is 4.79 Å². The molecule has 0 N–H and O–H groups in total. The molecule has 0 saturated heterocycles. The van der Waals surface area contributed by atoms with E-state index in [-0.39, 0.29) is 12.0 Å². The summed E-state index contributed by atoms with van der Waals surface area (Å²) in [5.74, 6) is -0.325. The highest BCUT2D eigenvalue weighted by molar-refractivity contribution is 6.41. The quantitative estimate of drug-likeness (QED) is 0.485. The second-order valence-electron chi connectivity index (χ2n) is 5.74. The number of rotatable bonds is 3. The lowest BCUT2D eigenvalue weighted by Crippen LogP contribution is -2.18. The zero-order valence-electron chi connectivity index (χ0n) is 12.2. The summed E-state index contributed by atoms with van der Waals surface area (Å²) in [6.07, 6.45) is 2.21. The van der Waals surface area contributed by atoms with Crippen molar-refractivity contribution in [3.63, 3.8) is 0 Å². The first-order valence-corrected chi connectivity index (χ1v) is 7.16. The van der Waals surface area contributed by atoms with Gasteiger partial charge in [-0.25, -0.2) is 4.79 Å². The summed E-state index contributed by atoms with van der Waals surface area (Å²) in [4.78, 5) is 23.7.